The Bertz CT molecular complexity index is 109. The van der Waals surface area contributed by atoms with Gasteiger partial charge in [0.1, 0.15) is 0 Å². The monoisotopic (exact) mass is 157 g/mol. The lowest BCUT2D eigenvalue weighted by atomic mass is 9.91. The van der Waals surface area contributed by atoms with E-state index in [0.29, 0.717) is 6.04 Å². The fourth-order valence-corrected chi connectivity index (χ4v) is 1.73. The molecule has 1 aliphatic rings. The highest BCUT2D eigenvalue weighted by molar-refractivity contribution is 4.82. The topological polar surface area (TPSA) is 12.5 Å². The van der Waals surface area contributed by atoms with E-state index >= 15 is 0 Å². The van der Waals surface area contributed by atoms with Crippen LogP contribution >= 0.6 is 0 Å². The predicted octanol–water partition coefficient (Wildman–Crippen LogP) is 1.22. The summed E-state index contributed by atoms with van der Waals surface area (Å²) in [6.45, 7) is 6.40. The number of hydrogen-bond donors (Lipinski definition) is 0. The molecule has 0 saturated carbocycles. The summed E-state index contributed by atoms with van der Waals surface area (Å²) in [5.41, 5.74) is 0. The molecule has 2 nitrogen and oxygen atoms in total. The average molecular weight is 157 g/mol. The highest BCUT2D eigenvalue weighted by atomic mass is 16.5. The third-order valence-electron chi connectivity index (χ3n) is 2.61. The highest BCUT2D eigenvalue weighted by Gasteiger charge is 2.31. The van der Waals surface area contributed by atoms with Crippen LogP contribution in [0, 0.1) is 11.8 Å². The van der Waals surface area contributed by atoms with E-state index in [0.717, 1.165) is 25.0 Å². The average Bonchev–Trinajstić information content (AvgIpc) is 2.32. The molecule has 0 N–H and O–H groups in total. The van der Waals surface area contributed by atoms with E-state index in [2.05, 4.69) is 32.8 Å². The van der Waals surface area contributed by atoms with E-state index in [-0.39, 0.29) is 0 Å². The van der Waals surface area contributed by atoms with E-state index < -0.39 is 0 Å². The van der Waals surface area contributed by atoms with E-state index in [1.807, 2.05) is 0 Å². The minimum atomic E-state index is 0.634. The molecule has 0 aromatic rings. The molecule has 2 atom stereocenters. The van der Waals surface area contributed by atoms with Crippen LogP contribution in [-0.4, -0.2) is 38.3 Å². The smallest absolute Gasteiger partial charge is 0.0625 e. The lowest BCUT2D eigenvalue weighted by molar-refractivity contribution is 0.169. The Hall–Kier alpha value is -0.0800. The van der Waals surface area contributed by atoms with Crippen LogP contribution in [0.5, 0.6) is 0 Å². The van der Waals surface area contributed by atoms with Crippen molar-refractivity contribution in [3.8, 4) is 0 Å². The maximum atomic E-state index is 5.45. The van der Waals surface area contributed by atoms with Gasteiger partial charge in [0.25, 0.3) is 0 Å². The standard InChI is InChI=1S/C9H19NO/c1-7(2)8-5-11-6-9(8)10(3)4/h7-9H,5-6H2,1-4H3/t8-,9+/m0/s1. The van der Waals surface area contributed by atoms with Gasteiger partial charge in [-0.15, -0.1) is 0 Å². The molecule has 66 valence electrons. The summed E-state index contributed by atoms with van der Waals surface area (Å²) >= 11 is 0. The van der Waals surface area contributed by atoms with E-state index in [1.165, 1.54) is 0 Å². The van der Waals surface area contributed by atoms with Gasteiger partial charge < -0.3 is 9.64 Å². The molecule has 1 fully saturated rings. The first-order valence-corrected chi connectivity index (χ1v) is 4.37. The van der Waals surface area contributed by atoms with Crippen LogP contribution in [0.15, 0.2) is 0 Å². The van der Waals surface area contributed by atoms with Crippen molar-refractivity contribution < 1.29 is 4.74 Å². The lowest BCUT2D eigenvalue weighted by Crippen LogP contribution is -2.36. The third kappa shape index (κ3) is 1.94. The minimum Gasteiger partial charge on any atom is -0.379 e. The van der Waals surface area contributed by atoms with Gasteiger partial charge in [0.15, 0.2) is 0 Å². The normalized spacial score (nSPS) is 32.2. The van der Waals surface area contributed by atoms with Crippen LogP contribution in [-0.2, 0) is 4.74 Å². The van der Waals surface area contributed by atoms with Crippen LogP contribution in [0.2, 0.25) is 0 Å². The van der Waals surface area contributed by atoms with E-state index in [1.54, 1.807) is 0 Å². The molecule has 0 bridgehead atoms. The van der Waals surface area contributed by atoms with Crippen molar-refractivity contribution in [3.05, 3.63) is 0 Å². The summed E-state index contributed by atoms with van der Waals surface area (Å²) in [6, 6.07) is 0.634. The van der Waals surface area contributed by atoms with Gasteiger partial charge in [-0.05, 0) is 20.0 Å². The van der Waals surface area contributed by atoms with Gasteiger partial charge in [-0.3, -0.25) is 0 Å². The van der Waals surface area contributed by atoms with Crippen molar-refractivity contribution in [3.63, 3.8) is 0 Å². The van der Waals surface area contributed by atoms with Gasteiger partial charge in [-0.25, -0.2) is 0 Å². The SMILES string of the molecule is CC(C)[C@@H]1COC[C@H]1N(C)C. The first-order valence-electron chi connectivity index (χ1n) is 4.37. The molecular formula is C9H19NO. The van der Waals surface area contributed by atoms with Crippen LogP contribution < -0.4 is 0 Å². The van der Waals surface area contributed by atoms with Gasteiger partial charge in [-0.2, -0.15) is 0 Å². The Morgan fingerprint density at radius 2 is 1.91 bits per heavy atom. The van der Waals surface area contributed by atoms with Crippen LogP contribution in [0.1, 0.15) is 13.8 Å². The Morgan fingerprint density at radius 1 is 1.27 bits per heavy atom. The zero-order chi connectivity index (χ0) is 8.43. The molecule has 0 aromatic heterocycles. The Balaban J connectivity index is 2.51. The van der Waals surface area contributed by atoms with Crippen molar-refractivity contribution in [1.29, 1.82) is 0 Å². The maximum Gasteiger partial charge on any atom is 0.0625 e. The fourth-order valence-electron chi connectivity index (χ4n) is 1.73. The Morgan fingerprint density at radius 3 is 2.27 bits per heavy atom. The summed E-state index contributed by atoms with van der Waals surface area (Å²) in [6.07, 6.45) is 0. The first kappa shape index (κ1) is 9.01. The number of ether oxygens (including phenoxy) is 1. The van der Waals surface area contributed by atoms with Gasteiger partial charge in [-0.1, -0.05) is 13.8 Å². The van der Waals surface area contributed by atoms with Crippen molar-refractivity contribution in [2.75, 3.05) is 27.3 Å². The molecule has 2 heteroatoms. The molecule has 0 amide bonds. The summed E-state index contributed by atoms with van der Waals surface area (Å²) < 4.78 is 5.45. The third-order valence-corrected chi connectivity index (χ3v) is 2.61. The van der Waals surface area contributed by atoms with Crippen molar-refractivity contribution in [2.24, 2.45) is 11.8 Å². The molecule has 1 heterocycles. The number of likely N-dealkylation sites (N-methyl/N-ethyl adjacent to an activating group) is 1. The molecule has 0 spiro atoms. The zero-order valence-electron chi connectivity index (χ0n) is 8.00. The van der Waals surface area contributed by atoms with Crippen molar-refractivity contribution in [2.45, 2.75) is 19.9 Å². The van der Waals surface area contributed by atoms with Gasteiger partial charge in [0.05, 0.1) is 13.2 Å². The second kappa shape index (κ2) is 3.55. The molecule has 0 aromatic carbocycles. The molecule has 0 unspecified atom stereocenters. The second-order valence-corrected chi connectivity index (χ2v) is 3.98. The maximum absolute atomic E-state index is 5.45. The van der Waals surface area contributed by atoms with E-state index in [9.17, 15) is 0 Å². The summed E-state index contributed by atoms with van der Waals surface area (Å²) in [5, 5.41) is 0. The van der Waals surface area contributed by atoms with E-state index in [4.69, 9.17) is 4.74 Å². The molecule has 0 aliphatic carbocycles. The molecule has 1 aliphatic heterocycles. The van der Waals surface area contributed by atoms with Gasteiger partial charge in [0.2, 0.25) is 0 Å². The molecule has 0 radical (unpaired) electrons. The number of rotatable bonds is 2. The lowest BCUT2D eigenvalue weighted by Gasteiger charge is -2.26. The molecule has 11 heavy (non-hydrogen) atoms. The quantitative estimate of drug-likeness (QED) is 0.597. The largest absolute Gasteiger partial charge is 0.379 e. The van der Waals surface area contributed by atoms with Gasteiger partial charge in [0, 0.05) is 12.0 Å². The predicted molar refractivity (Wildman–Crippen MR) is 46.6 cm³/mol. The van der Waals surface area contributed by atoms with Crippen LogP contribution in [0.3, 0.4) is 0 Å². The molecule has 1 saturated heterocycles. The summed E-state index contributed by atoms with van der Waals surface area (Å²) in [7, 11) is 4.27. The Kier molecular flexibility index (Phi) is 2.90. The van der Waals surface area contributed by atoms with Crippen LogP contribution in [0.25, 0.3) is 0 Å². The van der Waals surface area contributed by atoms with Crippen molar-refractivity contribution in [1.82, 2.24) is 4.90 Å². The minimum absolute atomic E-state index is 0.634. The number of nitrogens with zero attached hydrogens (tertiary/aromatic N) is 1. The van der Waals surface area contributed by atoms with Gasteiger partial charge >= 0.3 is 0 Å². The highest BCUT2D eigenvalue weighted by Crippen LogP contribution is 2.24. The fraction of sp³-hybridized carbons (Fsp3) is 1.00. The number of hydrogen-bond acceptors (Lipinski definition) is 2. The molecular weight excluding hydrogens is 138 g/mol. The summed E-state index contributed by atoms with van der Waals surface area (Å²) in [5.74, 6) is 1.47. The Labute approximate surface area is 69.5 Å². The van der Waals surface area contributed by atoms with Crippen LogP contribution in [0.4, 0.5) is 0 Å². The zero-order valence-corrected chi connectivity index (χ0v) is 8.00. The second-order valence-electron chi connectivity index (χ2n) is 3.98. The molecule has 1 rings (SSSR count). The van der Waals surface area contributed by atoms with Crippen molar-refractivity contribution >= 4 is 0 Å². The first-order chi connectivity index (χ1) is 5.13. The summed E-state index contributed by atoms with van der Waals surface area (Å²) in [4.78, 5) is 2.28.